The van der Waals surface area contributed by atoms with E-state index < -0.39 is 32.7 Å². The molecular formula is C8H10ClF3N2O2S. The van der Waals surface area contributed by atoms with Gasteiger partial charge in [-0.15, -0.1) is 0 Å². The van der Waals surface area contributed by atoms with Gasteiger partial charge in [0, 0.05) is 16.7 Å². The van der Waals surface area contributed by atoms with Crippen LogP contribution in [0.1, 0.15) is 31.3 Å². The smallest absolute Gasteiger partial charge is 0.258 e. The fraction of sp³-hybridized carbons (Fsp3) is 0.625. The zero-order valence-electron chi connectivity index (χ0n) is 8.99. The molecule has 0 aliphatic heterocycles. The summed E-state index contributed by atoms with van der Waals surface area (Å²) >= 11 is 0. The monoisotopic (exact) mass is 290 g/mol. The van der Waals surface area contributed by atoms with Crippen LogP contribution in [0, 0.1) is 0 Å². The molecule has 98 valence electrons. The number of rotatable bonds is 3. The molecule has 1 aromatic rings. The number of hydrogen-bond donors (Lipinski definition) is 0. The third-order valence-corrected chi connectivity index (χ3v) is 2.85. The molecule has 0 amide bonds. The van der Waals surface area contributed by atoms with E-state index in [-0.39, 0.29) is 5.69 Å². The first-order valence-corrected chi connectivity index (χ1v) is 7.06. The van der Waals surface area contributed by atoms with Crippen molar-refractivity contribution >= 4 is 19.7 Å². The molecule has 0 aliphatic carbocycles. The van der Waals surface area contributed by atoms with E-state index in [9.17, 15) is 21.6 Å². The highest BCUT2D eigenvalue weighted by molar-refractivity contribution is 8.13. The lowest BCUT2D eigenvalue weighted by atomic mass is 10.3. The van der Waals surface area contributed by atoms with Gasteiger partial charge < -0.3 is 0 Å². The Morgan fingerprint density at radius 2 is 2.00 bits per heavy atom. The summed E-state index contributed by atoms with van der Waals surface area (Å²) in [7, 11) is 1.04. The van der Waals surface area contributed by atoms with Gasteiger partial charge in [0.1, 0.15) is 11.4 Å². The fourth-order valence-electron chi connectivity index (χ4n) is 1.30. The van der Waals surface area contributed by atoms with Crippen molar-refractivity contribution in [3.05, 3.63) is 17.5 Å². The third kappa shape index (κ3) is 3.88. The molecule has 0 radical (unpaired) electrons. The normalized spacial score (nSPS) is 13.4. The van der Waals surface area contributed by atoms with Crippen LogP contribution in [0.2, 0.25) is 0 Å². The second-order valence-electron chi connectivity index (χ2n) is 3.74. The van der Waals surface area contributed by atoms with Crippen LogP contribution in [0.3, 0.4) is 0 Å². The van der Waals surface area contributed by atoms with E-state index in [0.29, 0.717) is 6.07 Å². The molecule has 0 unspecified atom stereocenters. The molecule has 0 saturated carbocycles. The van der Waals surface area contributed by atoms with Gasteiger partial charge in [-0.1, -0.05) is 0 Å². The van der Waals surface area contributed by atoms with Crippen LogP contribution in [-0.2, 0) is 21.0 Å². The van der Waals surface area contributed by atoms with Crippen LogP contribution >= 0.6 is 10.7 Å². The lowest BCUT2D eigenvalue weighted by molar-refractivity contribution is -0.144. The topological polar surface area (TPSA) is 52.0 Å². The van der Waals surface area contributed by atoms with Crippen molar-refractivity contribution in [1.29, 1.82) is 0 Å². The largest absolute Gasteiger partial charge is 0.433 e. The van der Waals surface area contributed by atoms with Crippen LogP contribution in [0.25, 0.3) is 0 Å². The summed E-state index contributed by atoms with van der Waals surface area (Å²) in [6, 6.07) is 0.165. The molecule has 0 spiro atoms. The summed E-state index contributed by atoms with van der Waals surface area (Å²) < 4.78 is 60.1. The summed E-state index contributed by atoms with van der Waals surface area (Å²) in [5, 5.41) is 3.59. The standard InChI is InChI=1S/C8H10ClF3N2O2S/c1-5(2)14-7(8(10,11)12)3-6(13-14)4-17(9,15)16/h3,5H,4H2,1-2H3. The minimum Gasteiger partial charge on any atom is -0.258 e. The van der Waals surface area contributed by atoms with Gasteiger partial charge in [-0.25, -0.2) is 8.42 Å². The van der Waals surface area contributed by atoms with Gasteiger partial charge in [-0.05, 0) is 19.9 Å². The van der Waals surface area contributed by atoms with Crippen molar-refractivity contribution in [1.82, 2.24) is 9.78 Å². The maximum Gasteiger partial charge on any atom is 0.433 e. The Morgan fingerprint density at radius 1 is 1.47 bits per heavy atom. The summed E-state index contributed by atoms with van der Waals surface area (Å²) in [5.74, 6) is -0.725. The molecule has 0 bridgehead atoms. The lowest BCUT2D eigenvalue weighted by Crippen LogP contribution is -2.16. The van der Waals surface area contributed by atoms with Crippen molar-refractivity contribution in [2.24, 2.45) is 0 Å². The van der Waals surface area contributed by atoms with Crippen LogP contribution in [0.15, 0.2) is 6.07 Å². The van der Waals surface area contributed by atoms with E-state index in [1.54, 1.807) is 0 Å². The van der Waals surface area contributed by atoms with Crippen molar-refractivity contribution < 1.29 is 21.6 Å². The van der Waals surface area contributed by atoms with E-state index in [0.717, 1.165) is 4.68 Å². The second kappa shape index (κ2) is 4.49. The average Bonchev–Trinajstić information content (AvgIpc) is 2.43. The van der Waals surface area contributed by atoms with Crippen LogP contribution < -0.4 is 0 Å². The van der Waals surface area contributed by atoms with Crippen LogP contribution in [0.5, 0.6) is 0 Å². The molecule has 9 heteroatoms. The molecule has 17 heavy (non-hydrogen) atoms. The second-order valence-corrected chi connectivity index (χ2v) is 6.52. The van der Waals surface area contributed by atoms with Crippen LogP contribution in [0.4, 0.5) is 13.2 Å². The molecule has 4 nitrogen and oxygen atoms in total. The molecule has 0 N–H and O–H groups in total. The molecule has 0 aliphatic rings. The number of halogens is 4. The van der Waals surface area contributed by atoms with Crippen molar-refractivity contribution in [3.8, 4) is 0 Å². The summed E-state index contributed by atoms with van der Waals surface area (Å²) in [6.45, 7) is 3.03. The Labute approximate surface area is 101 Å². The van der Waals surface area contributed by atoms with E-state index in [1.165, 1.54) is 13.8 Å². The first kappa shape index (κ1) is 14.3. The maximum atomic E-state index is 12.6. The SMILES string of the molecule is CC(C)n1nc(CS(=O)(=O)Cl)cc1C(F)(F)F. The quantitative estimate of drug-likeness (QED) is 0.804. The Bertz CT molecular complexity index is 507. The van der Waals surface area contributed by atoms with Gasteiger partial charge in [-0.3, -0.25) is 4.68 Å². The van der Waals surface area contributed by atoms with Gasteiger partial charge >= 0.3 is 6.18 Å². The van der Waals surface area contributed by atoms with E-state index in [4.69, 9.17) is 10.7 Å². The van der Waals surface area contributed by atoms with Crippen molar-refractivity contribution in [2.45, 2.75) is 31.8 Å². The van der Waals surface area contributed by atoms with E-state index in [2.05, 4.69) is 5.10 Å². The number of aromatic nitrogens is 2. The van der Waals surface area contributed by atoms with E-state index >= 15 is 0 Å². The Hall–Kier alpha value is -0.760. The Kier molecular flexibility index (Phi) is 3.78. The van der Waals surface area contributed by atoms with Gasteiger partial charge in [0.15, 0.2) is 0 Å². The van der Waals surface area contributed by atoms with Gasteiger partial charge in [0.25, 0.3) is 0 Å². The first-order valence-electron chi connectivity index (χ1n) is 4.58. The summed E-state index contributed by atoms with van der Waals surface area (Å²) in [6.07, 6.45) is -4.58. The number of nitrogens with zero attached hydrogens (tertiary/aromatic N) is 2. The molecule has 1 aromatic heterocycles. The molecule has 1 heterocycles. The Morgan fingerprint density at radius 3 is 2.29 bits per heavy atom. The zero-order chi connectivity index (χ0) is 13.4. The molecule has 0 atom stereocenters. The first-order chi connectivity index (χ1) is 7.50. The summed E-state index contributed by atoms with van der Waals surface area (Å²) in [5.41, 5.74) is -1.20. The highest BCUT2D eigenvalue weighted by atomic mass is 35.7. The van der Waals surface area contributed by atoms with Gasteiger partial charge in [0.05, 0.1) is 5.69 Å². The molecule has 0 saturated heterocycles. The molecular weight excluding hydrogens is 281 g/mol. The zero-order valence-corrected chi connectivity index (χ0v) is 10.6. The van der Waals surface area contributed by atoms with Gasteiger partial charge in [0.2, 0.25) is 9.05 Å². The van der Waals surface area contributed by atoms with Crippen LogP contribution in [-0.4, -0.2) is 18.2 Å². The Balaban J connectivity index is 3.23. The third-order valence-electron chi connectivity index (χ3n) is 1.89. The maximum absolute atomic E-state index is 12.6. The fourth-order valence-corrected chi connectivity index (χ4v) is 2.13. The van der Waals surface area contributed by atoms with E-state index in [1.807, 2.05) is 0 Å². The average molecular weight is 291 g/mol. The number of hydrogen-bond acceptors (Lipinski definition) is 3. The lowest BCUT2D eigenvalue weighted by Gasteiger charge is -2.12. The van der Waals surface area contributed by atoms with Gasteiger partial charge in [-0.2, -0.15) is 18.3 Å². The highest BCUT2D eigenvalue weighted by Crippen LogP contribution is 2.31. The van der Waals surface area contributed by atoms with Crippen molar-refractivity contribution in [2.75, 3.05) is 0 Å². The van der Waals surface area contributed by atoms with Crippen molar-refractivity contribution in [3.63, 3.8) is 0 Å². The highest BCUT2D eigenvalue weighted by Gasteiger charge is 2.36. The predicted octanol–water partition coefficient (Wildman–Crippen LogP) is 2.55. The minimum absolute atomic E-state index is 0.221. The molecule has 0 fully saturated rings. The number of alkyl halides is 3. The predicted molar refractivity (Wildman–Crippen MR) is 56.1 cm³/mol. The molecule has 0 aromatic carbocycles. The molecule has 1 rings (SSSR count). The summed E-state index contributed by atoms with van der Waals surface area (Å²) in [4.78, 5) is 0. The minimum atomic E-state index is -4.58.